The fraction of sp³-hybridized carbons (Fsp3) is 0.118. The van der Waals surface area contributed by atoms with Crippen LogP contribution in [-0.4, -0.2) is 39.1 Å². The zero-order valence-electron chi connectivity index (χ0n) is 13.8. The summed E-state index contributed by atoms with van der Waals surface area (Å²) in [7, 11) is 1.86. The molecule has 0 fully saturated rings. The smallest absolute Gasteiger partial charge is 0.182 e. The first-order valence-corrected chi connectivity index (χ1v) is 8.77. The zero-order chi connectivity index (χ0) is 17.7. The molecule has 0 radical (unpaired) electrons. The Balaban J connectivity index is 1.50. The summed E-state index contributed by atoms with van der Waals surface area (Å²) in [6.45, 7) is 0.713. The van der Waals surface area contributed by atoms with Crippen LogP contribution in [0, 0.1) is 0 Å². The number of hydrogen-bond donors (Lipinski definition) is 0. The van der Waals surface area contributed by atoms with Crippen LogP contribution in [0.3, 0.4) is 0 Å². The largest absolute Gasteiger partial charge is 0.267 e. The van der Waals surface area contributed by atoms with E-state index in [1.807, 2.05) is 30.1 Å². The molecule has 26 heavy (non-hydrogen) atoms. The highest BCUT2D eigenvalue weighted by atomic mass is 79.9. The van der Waals surface area contributed by atoms with Crippen LogP contribution in [0.2, 0.25) is 0 Å². The van der Waals surface area contributed by atoms with E-state index in [2.05, 4.69) is 53.3 Å². The van der Waals surface area contributed by atoms with Crippen LogP contribution >= 0.6 is 15.9 Å². The van der Waals surface area contributed by atoms with Crippen LogP contribution in [0.1, 0.15) is 5.56 Å². The van der Waals surface area contributed by atoms with Gasteiger partial charge in [-0.3, -0.25) is 9.36 Å². The summed E-state index contributed by atoms with van der Waals surface area (Å²) in [5.74, 6) is 0.663. The second-order valence-corrected chi connectivity index (χ2v) is 6.92. The van der Waals surface area contributed by atoms with Gasteiger partial charge in [0, 0.05) is 18.8 Å². The van der Waals surface area contributed by atoms with Gasteiger partial charge in [0.1, 0.15) is 6.33 Å². The quantitative estimate of drug-likeness (QED) is 0.458. The van der Waals surface area contributed by atoms with E-state index in [4.69, 9.17) is 0 Å². The molecule has 0 aliphatic rings. The van der Waals surface area contributed by atoms with Crippen molar-refractivity contribution in [1.82, 2.24) is 39.1 Å². The summed E-state index contributed by atoms with van der Waals surface area (Å²) in [6.07, 6.45) is 7.16. The first kappa shape index (κ1) is 15.2. The maximum atomic E-state index is 4.68. The number of hydrogen-bond acceptors (Lipinski definition) is 5. The topological polar surface area (TPSA) is 78.7 Å². The zero-order valence-corrected chi connectivity index (χ0v) is 15.4. The fourth-order valence-corrected chi connectivity index (χ4v) is 3.26. The highest BCUT2D eigenvalue weighted by Gasteiger charge is 2.12. The van der Waals surface area contributed by atoms with Crippen molar-refractivity contribution in [2.45, 2.75) is 6.54 Å². The Labute approximate surface area is 156 Å². The van der Waals surface area contributed by atoms with Crippen LogP contribution in [0.4, 0.5) is 0 Å². The van der Waals surface area contributed by atoms with Crippen LogP contribution < -0.4 is 0 Å². The van der Waals surface area contributed by atoms with Crippen LogP contribution in [-0.2, 0) is 13.6 Å². The lowest BCUT2D eigenvalue weighted by atomic mass is 10.1. The molecule has 0 atom stereocenters. The summed E-state index contributed by atoms with van der Waals surface area (Å²) in [5.41, 5.74) is 3.65. The highest BCUT2D eigenvalue weighted by molar-refractivity contribution is 9.10. The van der Waals surface area contributed by atoms with Crippen molar-refractivity contribution in [2.24, 2.45) is 7.05 Å². The SMILES string of the molecule is Cn1ncc2c1ncn1nc(-c3ccc(Cn4cc(Br)cn4)cc3)nc21. The van der Waals surface area contributed by atoms with Gasteiger partial charge in [-0.25, -0.2) is 14.5 Å². The lowest BCUT2D eigenvalue weighted by Gasteiger charge is -2.02. The van der Waals surface area contributed by atoms with Gasteiger partial charge in [0.05, 0.1) is 28.8 Å². The normalized spacial score (nSPS) is 11.6. The van der Waals surface area contributed by atoms with E-state index < -0.39 is 0 Å². The van der Waals surface area contributed by atoms with Crippen molar-refractivity contribution in [3.05, 3.63) is 59.2 Å². The third-order valence-corrected chi connectivity index (χ3v) is 4.64. The standard InChI is InChI=1S/C17H13BrN8/c1-24-16-14(7-20-24)17-22-15(23-26(17)10-19-16)12-4-2-11(3-5-12)8-25-9-13(18)6-21-25/h2-7,9-10H,8H2,1H3. The molecule has 0 unspecified atom stereocenters. The second kappa shape index (κ2) is 5.73. The van der Waals surface area contributed by atoms with E-state index in [0.29, 0.717) is 12.4 Å². The summed E-state index contributed by atoms with van der Waals surface area (Å²) >= 11 is 3.41. The van der Waals surface area contributed by atoms with Crippen molar-refractivity contribution in [1.29, 1.82) is 0 Å². The maximum Gasteiger partial charge on any atom is 0.182 e. The molecule has 5 rings (SSSR count). The molecule has 0 bridgehead atoms. The lowest BCUT2D eigenvalue weighted by Crippen LogP contribution is -1.99. The van der Waals surface area contributed by atoms with Gasteiger partial charge in [-0.05, 0) is 21.5 Å². The Morgan fingerprint density at radius 1 is 1.04 bits per heavy atom. The van der Waals surface area contributed by atoms with Crippen molar-refractivity contribution in [2.75, 3.05) is 0 Å². The molecule has 8 nitrogen and oxygen atoms in total. The number of nitrogens with zero attached hydrogens (tertiary/aromatic N) is 8. The van der Waals surface area contributed by atoms with Crippen molar-refractivity contribution in [3.8, 4) is 11.4 Å². The highest BCUT2D eigenvalue weighted by Crippen LogP contribution is 2.21. The Kier molecular flexibility index (Phi) is 3.35. The predicted molar refractivity (Wildman–Crippen MR) is 99.5 cm³/mol. The maximum absolute atomic E-state index is 4.68. The lowest BCUT2D eigenvalue weighted by molar-refractivity contribution is 0.686. The van der Waals surface area contributed by atoms with Crippen LogP contribution in [0.15, 0.2) is 53.7 Å². The van der Waals surface area contributed by atoms with Crippen molar-refractivity contribution in [3.63, 3.8) is 0 Å². The molecule has 0 saturated carbocycles. The summed E-state index contributed by atoms with van der Waals surface area (Å²) in [4.78, 5) is 9.06. The van der Waals surface area contributed by atoms with E-state index in [1.54, 1.807) is 27.9 Å². The number of benzene rings is 1. The molecule has 0 amide bonds. The molecule has 0 spiro atoms. The van der Waals surface area contributed by atoms with E-state index in [1.165, 1.54) is 0 Å². The van der Waals surface area contributed by atoms with Gasteiger partial charge in [-0.1, -0.05) is 24.3 Å². The Morgan fingerprint density at radius 2 is 1.88 bits per heavy atom. The van der Waals surface area contributed by atoms with Gasteiger partial charge >= 0.3 is 0 Å². The minimum atomic E-state index is 0.663. The summed E-state index contributed by atoms with van der Waals surface area (Å²) < 4.78 is 6.27. The summed E-state index contributed by atoms with van der Waals surface area (Å²) in [5, 5.41) is 13.9. The van der Waals surface area contributed by atoms with Crippen LogP contribution in [0.25, 0.3) is 28.1 Å². The van der Waals surface area contributed by atoms with E-state index in [0.717, 1.165) is 32.3 Å². The predicted octanol–water partition coefficient (Wildman–Crippen LogP) is 2.69. The first-order valence-electron chi connectivity index (χ1n) is 7.98. The number of aromatic nitrogens is 8. The van der Waals surface area contributed by atoms with Gasteiger partial charge in [-0.2, -0.15) is 10.2 Å². The third-order valence-electron chi connectivity index (χ3n) is 4.23. The minimum absolute atomic E-state index is 0.663. The van der Waals surface area contributed by atoms with Crippen LogP contribution in [0.5, 0.6) is 0 Å². The Hall–Kier alpha value is -3.07. The molecule has 0 saturated heterocycles. The molecular weight excluding hydrogens is 396 g/mol. The molecule has 128 valence electrons. The minimum Gasteiger partial charge on any atom is -0.267 e. The molecule has 1 aromatic carbocycles. The average molecular weight is 409 g/mol. The third kappa shape index (κ3) is 2.48. The number of rotatable bonds is 3. The average Bonchev–Trinajstić information content (AvgIpc) is 3.34. The second-order valence-electron chi connectivity index (χ2n) is 6.01. The van der Waals surface area contributed by atoms with Crippen molar-refractivity contribution >= 4 is 32.6 Å². The first-order chi connectivity index (χ1) is 12.7. The molecule has 5 aromatic rings. The van der Waals surface area contributed by atoms with E-state index in [-0.39, 0.29) is 0 Å². The molecule has 4 heterocycles. The van der Waals surface area contributed by atoms with Gasteiger partial charge in [-0.15, -0.1) is 5.10 Å². The monoisotopic (exact) mass is 408 g/mol. The van der Waals surface area contributed by atoms with Gasteiger partial charge in [0.2, 0.25) is 0 Å². The van der Waals surface area contributed by atoms with Crippen molar-refractivity contribution < 1.29 is 0 Å². The number of halogens is 1. The fourth-order valence-electron chi connectivity index (χ4n) is 2.93. The molecular formula is C17H13BrN8. The van der Waals surface area contributed by atoms with E-state index in [9.17, 15) is 0 Å². The van der Waals surface area contributed by atoms with Gasteiger partial charge in [0.25, 0.3) is 0 Å². The van der Waals surface area contributed by atoms with Gasteiger partial charge in [0.15, 0.2) is 17.1 Å². The molecule has 4 aromatic heterocycles. The Bertz CT molecular complexity index is 1230. The van der Waals surface area contributed by atoms with Gasteiger partial charge < -0.3 is 0 Å². The molecule has 9 heteroatoms. The summed E-state index contributed by atoms with van der Waals surface area (Å²) in [6, 6.07) is 8.18. The molecule has 0 N–H and O–H groups in total. The number of aryl methyl sites for hydroxylation is 1. The van der Waals surface area contributed by atoms with E-state index >= 15 is 0 Å². The Morgan fingerprint density at radius 3 is 2.65 bits per heavy atom. The molecule has 0 aliphatic heterocycles. The molecule has 0 aliphatic carbocycles. The number of fused-ring (bicyclic) bond motifs is 3.